The molecule has 0 bridgehead atoms. The number of anilines is 3. The van der Waals surface area contributed by atoms with Crippen molar-refractivity contribution in [3.63, 3.8) is 0 Å². The summed E-state index contributed by atoms with van der Waals surface area (Å²) in [7, 11) is -3.35. The topological polar surface area (TPSA) is 180 Å². The molecule has 32 heavy (non-hydrogen) atoms. The summed E-state index contributed by atoms with van der Waals surface area (Å²) in [6.07, 6.45) is 1.37. The van der Waals surface area contributed by atoms with Crippen LogP contribution in [0.2, 0.25) is 0 Å². The minimum atomic E-state index is -3.35. The third-order valence-corrected chi connectivity index (χ3v) is 6.06. The zero-order chi connectivity index (χ0) is 23.1. The first kappa shape index (κ1) is 23.3. The molecule has 0 atom stereocenters. The van der Waals surface area contributed by atoms with E-state index in [9.17, 15) is 9.36 Å². The molecule has 0 spiro atoms. The Labute approximate surface area is 184 Å². The second-order valence-electron chi connectivity index (χ2n) is 6.54. The average Bonchev–Trinajstić information content (AvgIpc) is 2.77. The summed E-state index contributed by atoms with van der Waals surface area (Å²) < 4.78 is 22.8. The van der Waals surface area contributed by atoms with Gasteiger partial charge < -0.3 is 31.1 Å². The number of nitrogens with zero attached hydrogens (tertiary/aromatic N) is 4. The SMILES string of the molecule is CCOP(=O)(CNC(=O)c1ccc(NCc2cnc3nc(N)nc(N)c3n2)cc1)OCC. The van der Waals surface area contributed by atoms with Crippen LogP contribution in [0.3, 0.4) is 0 Å². The van der Waals surface area contributed by atoms with Gasteiger partial charge in [-0.15, -0.1) is 0 Å². The highest BCUT2D eigenvalue weighted by molar-refractivity contribution is 7.53. The number of carbonyl (C=O) groups is 1. The van der Waals surface area contributed by atoms with Crippen LogP contribution in [0.15, 0.2) is 30.5 Å². The Balaban J connectivity index is 1.59. The van der Waals surface area contributed by atoms with E-state index in [-0.39, 0.29) is 37.2 Å². The summed E-state index contributed by atoms with van der Waals surface area (Å²) in [5.74, 6) is -0.181. The van der Waals surface area contributed by atoms with Crippen LogP contribution in [0.4, 0.5) is 17.5 Å². The Morgan fingerprint density at radius 2 is 1.75 bits per heavy atom. The maximum Gasteiger partial charge on any atom is 0.349 e. The molecule has 6 N–H and O–H groups in total. The maximum atomic E-state index is 12.4. The molecule has 0 fully saturated rings. The third kappa shape index (κ3) is 5.88. The molecule has 0 radical (unpaired) electrons. The molecule has 1 aromatic carbocycles. The number of nitrogen functional groups attached to an aromatic ring is 2. The van der Waals surface area contributed by atoms with E-state index in [1.54, 1.807) is 44.3 Å². The van der Waals surface area contributed by atoms with Crippen molar-refractivity contribution in [1.82, 2.24) is 25.3 Å². The number of nitrogens with one attached hydrogen (secondary N) is 2. The van der Waals surface area contributed by atoms with Crippen molar-refractivity contribution < 1.29 is 18.4 Å². The zero-order valence-electron chi connectivity index (χ0n) is 17.7. The first-order valence-corrected chi connectivity index (χ1v) is 11.6. The summed E-state index contributed by atoms with van der Waals surface area (Å²) in [6.45, 7) is 4.23. The summed E-state index contributed by atoms with van der Waals surface area (Å²) in [6, 6.07) is 6.77. The largest absolute Gasteiger partial charge is 0.382 e. The molecule has 3 rings (SSSR count). The molecule has 0 saturated carbocycles. The van der Waals surface area contributed by atoms with Crippen molar-refractivity contribution in [1.29, 1.82) is 0 Å². The highest BCUT2D eigenvalue weighted by Crippen LogP contribution is 2.46. The minimum Gasteiger partial charge on any atom is -0.382 e. The lowest BCUT2D eigenvalue weighted by Crippen LogP contribution is -2.25. The Bertz CT molecular complexity index is 1130. The molecule has 2 heterocycles. The van der Waals surface area contributed by atoms with E-state index in [0.717, 1.165) is 5.69 Å². The van der Waals surface area contributed by atoms with Crippen LogP contribution in [0, 0.1) is 0 Å². The van der Waals surface area contributed by atoms with Gasteiger partial charge in [-0.05, 0) is 38.1 Å². The van der Waals surface area contributed by atoms with Crippen LogP contribution in [0.25, 0.3) is 11.2 Å². The van der Waals surface area contributed by atoms with Crippen LogP contribution >= 0.6 is 7.60 Å². The van der Waals surface area contributed by atoms with E-state index in [1.807, 2.05) is 0 Å². The van der Waals surface area contributed by atoms with E-state index in [1.165, 1.54) is 0 Å². The van der Waals surface area contributed by atoms with Gasteiger partial charge in [0.05, 0.1) is 31.6 Å². The lowest BCUT2D eigenvalue weighted by molar-refractivity contribution is 0.0954. The van der Waals surface area contributed by atoms with E-state index in [2.05, 4.69) is 30.6 Å². The van der Waals surface area contributed by atoms with E-state index < -0.39 is 7.60 Å². The summed E-state index contributed by atoms with van der Waals surface area (Å²) in [5, 5.41) is 5.78. The van der Waals surface area contributed by atoms with Gasteiger partial charge in [0.2, 0.25) is 5.95 Å². The van der Waals surface area contributed by atoms with Crippen LogP contribution in [0.5, 0.6) is 0 Å². The van der Waals surface area contributed by atoms with Gasteiger partial charge in [0.15, 0.2) is 17.0 Å². The summed E-state index contributed by atoms with van der Waals surface area (Å²) in [4.78, 5) is 28.9. The number of benzene rings is 1. The molecule has 12 nitrogen and oxygen atoms in total. The third-order valence-electron chi connectivity index (χ3n) is 4.21. The lowest BCUT2D eigenvalue weighted by atomic mass is 10.2. The molecule has 1 amide bonds. The van der Waals surface area contributed by atoms with Crippen LogP contribution in [-0.4, -0.2) is 45.3 Å². The molecule has 3 aromatic rings. The zero-order valence-corrected chi connectivity index (χ0v) is 18.6. The predicted octanol–water partition coefficient (Wildman–Crippen LogP) is 2.15. The Morgan fingerprint density at radius 1 is 1.06 bits per heavy atom. The van der Waals surface area contributed by atoms with Crippen LogP contribution in [-0.2, 0) is 20.2 Å². The summed E-state index contributed by atoms with van der Waals surface area (Å²) in [5.41, 5.74) is 13.9. The van der Waals surface area contributed by atoms with Crippen LogP contribution < -0.4 is 22.1 Å². The second kappa shape index (κ2) is 10.3. The Hall–Kier alpha value is -3.34. The van der Waals surface area contributed by atoms with Crippen molar-refractivity contribution >= 4 is 42.1 Å². The molecule has 170 valence electrons. The van der Waals surface area contributed by atoms with Gasteiger partial charge in [0, 0.05) is 11.3 Å². The number of rotatable bonds is 10. The number of nitrogens with two attached hydrogens (primary N) is 2. The van der Waals surface area contributed by atoms with Gasteiger partial charge in [-0.25, -0.2) is 9.97 Å². The number of carbonyl (C=O) groups excluding carboxylic acids is 1. The molecule has 0 aliphatic rings. The molecule has 0 saturated heterocycles. The van der Waals surface area contributed by atoms with Crippen molar-refractivity contribution in [2.75, 3.05) is 36.3 Å². The van der Waals surface area contributed by atoms with Gasteiger partial charge in [-0.2, -0.15) is 9.97 Å². The molecule has 13 heteroatoms. The highest BCUT2D eigenvalue weighted by Gasteiger charge is 2.24. The molecular weight excluding hydrogens is 435 g/mol. The Kier molecular flexibility index (Phi) is 7.52. The quantitative estimate of drug-likeness (QED) is 0.325. The van der Waals surface area contributed by atoms with Gasteiger partial charge >= 0.3 is 7.60 Å². The predicted molar refractivity (Wildman–Crippen MR) is 121 cm³/mol. The second-order valence-corrected chi connectivity index (χ2v) is 8.60. The van der Waals surface area contributed by atoms with Crippen LogP contribution in [0.1, 0.15) is 29.9 Å². The number of fused-ring (bicyclic) bond motifs is 1. The van der Waals surface area contributed by atoms with E-state index >= 15 is 0 Å². The first-order valence-electron chi connectivity index (χ1n) is 9.88. The van der Waals surface area contributed by atoms with Crippen molar-refractivity contribution in [3.05, 3.63) is 41.7 Å². The molecule has 2 aromatic heterocycles. The fraction of sp³-hybridized carbons (Fsp3) is 0.316. The standard InChI is InChI=1S/C19H25N8O4P/c1-3-30-32(29,31-4-2)11-24-18(28)12-5-7-13(8-6-12)22-9-14-10-23-17-15(25-14)16(20)26-19(21)27-17/h5-8,10,22H,3-4,9,11H2,1-2H3,(H,24,28)(H4,20,21,23,26,27). The smallest absolute Gasteiger partial charge is 0.349 e. The van der Waals surface area contributed by atoms with Crippen molar-refractivity contribution in [2.45, 2.75) is 20.4 Å². The van der Waals surface area contributed by atoms with Gasteiger partial charge in [0.25, 0.3) is 5.91 Å². The van der Waals surface area contributed by atoms with Gasteiger partial charge in [-0.3, -0.25) is 9.36 Å². The fourth-order valence-corrected chi connectivity index (χ4v) is 4.17. The first-order chi connectivity index (χ1) is 15.3. The summed E-state index contributed by atoms with van der Waals surface area (Å²) >= 11 is 0. The van der Waals surface area contributed by atoms with Crippen molar-refractivity contribution in [2.24, 2.45) is 0 Å². The fourth-order valence-electron chi connectivity index (χ4n) is 2.79. The van der Waals surface area contributed by atoms with Gasteiger partial charge in [-0.1, -0.05) is 0 Å². The number of hydrogen-bond acceptors (Lipinski definition) is 11. The number of amides is 1. The molecular formula is C19H25N8O4P. The molecule has 0 unspecified atom stereocenters. The average molecular weight is 460 g/mol. The molecule has 0 aliphatic heterocycles. The Morgan fingerprint density at radius 3 is 2.41 bits per heavy atom. The van der Waals surface area contributed by atoms with E-state index in [4.69, 9.17) is 20.5 Å². The monoisotopic (exact) mass is 460 g/mol. The minimum absolute atomic E-state index is 0.0397. The number of hydrogen-bond donors (Lipinski definition) is 4. The molecule has 0 aliphatic carbocycles. The lowest BCUT2D eigenvalue weighted by Gasteiger charge is -2.17. The maximum absolute atomic E-state index is 12.4. The normalized spacial score (nSPS) is 11.4. The highest BCUT2D eigenvalue weighted by atomic mass is 31.2. The van der Waals surface area contributed by atoms with E-state index in [0.29, 0.717) is 29.0 Å². The number of aromatic nitrogens is 4. The van der Waals surface area contributed by atoms with Gasteiger partial charge in [0.1, 0.15) is 6.29 Å². The van der Waals surface area contributed by atoms with Crippen molar-refractivity contribution in [3.8, 4) is 0 Å².